The van der Waals surface area contributed by atoms with E-state index in [0.717, 1.165) is 6.54 Å². The zero-order valence-electron chi connectivity index (χ0n) is 12.3. The van der Waals surface area contributed by atoms with Gasteiger partial charge in [-0.2, -0.15) is 0 Å². The molecule has 0 radical (unpaired) electrons. The Labute approximate surface area is 112 Å². The van der Waals surface area contributed by atoms with Crippen LogP contribution in [-0.4, -0.2) is 32.5 Å². The van der Waals surface area contributed by atoms with Crippen molar-refractivity contribution in [2.75, 3.05) is 19.3 Å². The molecule has 1 N–H and O–H groups in total. The highest BCUT2D eigenvalue weighted by molar-refractivity contribution is 7.92. The van der Waals surface area contributed by atoms with Crippen LogP contribution >= 0.6 is 0 Å². The maximum Gasteiger partial charge on any atom is 0.153 e. The summed E-state index contributed by atoms with van der Waals surface area (Å²) in [5.74, 6) is 1.23. The topological polar surface area (TPSA) is 46.2 Å². The van der Waals surface area contributed by atoms with Crippen LogP contribution in [0.2, 0.25) is 0 Å². The summed E-state index contributed by atoms with van der Waals surface area (Å²) in [6.45, 7) is 9.42. The van der Waals surface area contributed by atoms with Crippen molar-refractivity contribution in [1.82, 2.24) is 5.32 Å². The average molecular weight is 273 g/mol. The molecule has 106 valence electrons. The fourth-order valence-electron chi connectivity index (χ4n) is 2.40. The van der Waals surface area contributed by atoms with Crippen molar-refractivity contribution < 1.29 is 8.42 Å². The van der Waals surface area contributed by atoms with E-state index in [1.165, 1.54) is 24.7 Å². The minimum atomic E-state index is -3.01. The lowest BCUT2D eigenvalue weighted by atomic mass is 9.80. The second kappa shape index (κ2) is 5.74. The third-order valence-electron chi connectivity index (χ3n) is 4.28. The van der Waals surface area contributed by atoms with E-state index in [0.29, 0.717) is 18.4 Å². The zero-order chi connectivity index (χ0) is 14.0. The van der Waals surface area contributed by atoms with E-state index in [9.17, 15) is 8.42 Å². The second-order valence-electron chi connectivity index (χ2n) is 6.27. The van der Waals surface area contributed by atoms with Crippen LogP contribution in [0, 0.1) is 11.8 Å². The van der Waals surface area contributed by atoms with Crippen LogP contribution in [-0.2, 0) is 9.84 Å². The lowest BCUT2D eigenvalue weighted by Gasteiger charge is -2.30. The number of hydrogen-bond acceptors (Lipinski definition) is 3. The summed E-state index contributed by atoms with van der Waals surface area (Å²) < 4.78 is 22.5. The number of sulfone groups is 1. The number of hydrogen-bond donors (Lipinski definition) is 1. The van der Waals surface area contributed by atoms with E-state index in [1.807, 2.05) is 0 Å². The molecule has 4 heteroatoms. The molecule has 0 amide bonds. The first-order valence-corrected chi connectivity index (χ1v) is 8.61. The molecule has 0 aromatic heterocycles. The quantitative estimate of drug-likeness (QED) is 0.782. The molecular weight excluding hydrogens is 246 g/mol. The van der Waals surface area contributed by atoms with E-state index in [2.05, 4.69) is 25.2 Å². The zero-order valence-corrected chi connectivity index (χ0v) is 13.1. The minimum Gasteiger partial charge on any atom is -0.315 e. The molecule has 0 aromatic rings. The molecule has 2 atom stereocenters. The van der Waals surface area contributed by atoms with Crippen LogP contribution in [0.25, 0.3) is 0 Å². The predicted molar refractivity (Wildman–Crippen MR) is 77.4 cm³/mol. The molecule has 0 spiro atoms. The van der Waals surface area contributed by atoms with Crippen molar-refractivity contribution in [3.63, 3.8) is 0 Å². The Morgan fingerprint density at radius 2 is 2.06 bits per heavy atom. The average Bonchev–Trinajstić information content (AvgIpc) is 2.20. The lowest BCUT2D eigenvalue weighted by molar-refractivity contribution is 0.346. The van der Waals surface area contributed by atoms with E-state index < -0.39 is 14.6 Å². The van der Waals surface area contributed by atoms with Crippen molar-refractivity contribution in [1.29, 1.82) is 0 Å². The first kappa shape index (κ1) is 15.7. The van der Waals surface area contributed by atoms with Crippen molar-refractivity contribution >= 4 is 9.84 Å². The van der Waals surface area contributed by atoms with Gasteiger partial charge < -0.3 is 5.32 Å². The molecule has 0 saturated heterocycles. The van der Waals surface area contributed by atoms with Gasteiger partial charge in [-0.05, 0) is 45.4 Å². The van der Waals surface area contributed by atoms with Crippen molar-refractivity contribution in [2.24, 2.45) is 11.8 Å². The third kappa shape index (κ3) is 3.82. The molecule has 0 aromatic carbocycles. The van der Waals surface area contributed by atoms with Crippen molar-refractivity contribution in [3.8, 4) is 0 Å². The molecule has 0 heterocycles. The van der Waals surface area contributed by atoms with Gasteiger partial charge in [0, 0.05) is 19.3 Å². The van der Waals surface area contributed by atoms with Gasteiger partial charge in [-0.3, -0.25) is 0 Å². The normalized spacial score (nSPS) is 25.9. The van der Waals surface area contributed by atoms with E-state index in [1.54, 1.807) is 13.8 Å². The Balaban J connectivity index is 2.52. The largest absolute Gasteiger partial charge is 0.315 e. The van der Waals surface area contributed by atoms with Crippen LogP contribution in [0.3, 0.4) is 0 Å². The van der Waals surface area contributed by atoms with Crippen LogP contribution in [0.4, 0.5) is 0 Å². The Morgan fingerprint density at radius 3 is 2.56 bits per heavy atom. The molecule has 1 rings (SSSR count). The molecule has 0 bridgehead atoms. The van der Waals surface area contributed by atoms with Crippen molar-refractivity contribution in [3.05, 3.63) is 11.6 Å². The van der Waals surface area contributed by atoms with Gasteiger partial charge in [-0.25, -0.2) is 8.42 Å². The van der Waals surface area contributed by atoms with Gasteiger partial charge in [-0.1, -0.05) is 18.6 Å². The molecule has 0 saturated carbocycles. The summed E-state index contributed by atoms with van der Waals surface area (Å²) in [7, 11) is -3.01. The van der Waals surface area contributed by atoms with Gasteiger partial charge in [0.15, 0.2) is 9.84 Å². The Kier molecular flexibility index (Phi) is 5.01. The highest BCUT2D eigenvalue weighted by Crippen LogP contribution is 2.29. The molecule has 1 aliphatic carbocycles. The molecule has 0 aliphatic heterocycles. The summed E-state index contributed by atoms with van der Waals surface area (Å²) in [6.07, 6.45) is 6.04. The Hall–Kier alpha value is -0.350. The molecule has 0 fully saturated rings. The standard InChI is InChI=1S/C14H27NO2S/c1-11-7-6-8-12(2)13(11)9-15-10-14(3,4)18(5,16)17/h7,12-13,15H,6,8-10H2,1-5H3/t12-,13+/m0/s1. The first-order chi connectivity index (χ1) is 8.15. The summed E-state index contributed by atoms with van der Waals surface area (Å²) in [6, 6.07) is 0. The monoisotopic (exact) mass is 273 g/mol. The summed E-state index contributed by atoms with van der Waals surface area (Å²) in [5.41, 5.74) is 1.44. The maximum absolute atomic E-state index is 11.6. The van der Waals surface area contributed by atoms with E-state index >= 15 is 0 Å². The number of nitrogens with one attached hydrogen (secondary N) is 1. The lowest BCUT2D eigenvalue weighted by Crippen LogP contribution is -2.43. The predicted octanol–water partition coefficient (Wildman–Crippen LogP) is 2.39. The SMILES string of the molecule is CC1=CCC[C@H](C)[C@@H]1CNCC(C)(C)S(C)(=O)=O. The summed E-state index contributed by atoms with van der Waals surface area (Å²) in [5, 5.41) is 3.34. The van der Waals surface area contributed by atoms with Crippen LogP contribution in [0.1, 0.15) is 40.5 Å². The molecule has 18 heavy (non-hydrogen) atoms. The molecule has 3 nitrogen and oxygen atoms in total. The van der Waals surface area contributed by atoms with Crippen molar-refractivity contribution in [2.45, 2.75) is 45.3 Å². The minimum absolute atomic E-state index is 0.516. The third-order valence-corrected chi connectivity index (χ3v) is 6.43. The van der Waals surface area contributed by atoms with Gasteiger partial charge in [0.2, 0.25) is 0 Å². The molecule has 1 aliphatic rings. The van der Waals surface area contributed by atoms with Gasteiger partial charge in [0.25, 0.3) is 0 Å². The first-order valence-electron chi connectivity index (χ1n) is 6.72. The summed E-state index contributed by atoms with van der Waals surface area (Å²) >= 11 is 0. The highest BCUT2D eigenvalue weighted by atomic mass is 32.2. The second-order valence-corrected chi connectivity index (χ2v) is 8.92. The highest BCUT2D eigenvalue weighted by Gasteiger charge is 2.30. The summed E-state index contributed by atoms with van der Waals surface area (Å²) in [4.78, 5) is 0. The van der Waals surface area contributed by atoms with Gasteiger partial charge in [-0.15, -0.1) is 0 Å². The fourth-order valence-corrected chi connectivity index (χ4v) is 2.76. The fraction of sp³-hybridized carbons (Fsp3) is 0.857. The van der Waals surface area contributed by atoms with Crippen LogP contribution in [0.5, 0.6) is 0 Å². The molecule has 0 unspecified atom stereocenters. The van der Waals surface area contributed by atoms with Gasteiger partial charge in [0.05, 0.1) is 4.75 Å². The maximum atomic E-state index is 11.6. The van der Waals surface area contributed by atoms with E-state index in [4.69, 9.17) is 0 Å². The molecular formula is C14H27NO2S. The smallest absolute Gasteiger partial charge is 0.153 e. The Morgan fingerprint density at radius 1 is 1.44 bits per heavy atom. The van der Waals surface area contributed by atoms with Crippen LogP contribution in [0.15, 0.2) is 11.6 Å². The number of rotatable bonds is 5. The Bertz CT molecular complexity index is 410. The number of allylic oxidation sites excluding steroid dienone is 1. The van der Waals surface area contributed by atoms with E-state index in [-0.39, 0.29) is 0 Å². The van der Waals surface area contributed by atoms with Gasteiger partial charge >= 0.3 is 0 Å². The van der Waals surface area contributed by atoms with Gasteiger partial charge in [0.1, 0.15) is 0 Å². The van der Waals surface area contributed by atoms with Crippen LogP contribution < -0.4 is 5.32 Å².